The quantitative estimate of drug-likeness (QED) is 0.511. The van der Waals surface area contributed by atoms with Crippen LogP contribution in [0.4, 0.5) is 0 Å². The summed E-state index contributed by atoms with van der Waals surface area (Å²) in [5.41, 5.74) is 1.15. The van der Waals surface area contributed by atoms with Gasteiger partial charge in [-0.15, -0.1) is 11.3 Å². The fraction of sp³-hybridized carbons (Fsp3) is 0.100. The smallest absolute Gasteiger partial charge is 0.266 e. The average molecular weight is 235 g/mol. The van der Waals surface area contributed by atoms with E-state index in [0.717, 1.165) is 0 Å². The second-order valence-electron chi connectivity index (χ2n) is 2.94. The highest BCUT2D eigenvalue weighted by molar-refractivity contribution is 7.18. The molecule has 1 aromatic heterocycles. The minimum absolute atomic E-state index is 0.0171. The molecule has 0 aliphatic heterocycles. The third-order valence-electron chi connectivity index (χ3n) is 2.12. The van der Waals surface area contributed by atoms with Gasteiger partial charge in [0, 0.05) is 6.42 Å². The van der Waals surface area contributed by atoms with E-state index in [1.165, 1.54) is 11.3 Å². The Morgan fingerprint density at radius 3 is 3.07 bits per heavy atom. The molecular formula is C10H3ClN2OS. The molecule has 0 atom stereocenters. The van der Waals surface area contributed by atoms with Crippen LogP contribution in [0, 0.1) is 17.9 Å². The average Bonchev–Trinajstić information content (AvgIpc) is 2.70. The summed E-state index contributed by atoms with van der Waals surface area (Å²) < 4.78 is 0.507. The van der Waals surface area contributed by atoms with Gasteiger partial charge in [-0.05, 0) is 17.2 Å². The molecule has 0 saturated heterocycles. The molecule has 0 radical (unpaired) electrons. The van der Waals surface area contributed by atoms with Crippen molar-refractivity contribution in [2.24, 2.45) is 0 Å². The molecular weight excluding hydrogens is 232 g/mol. The molecule has 1 aliphatic rings. The standard InChI is InChI=1S/C10H3ClN2OS/c1-13-7(4-12)5-2-8(14)10-6(5)3-9(11)15-10/h3H,2H2/b7-5-. The summed E-state index contributed by atoms with van der Waals surface area (Å²) in [6.45, 7) is 6.84. The van der Waals surface area contributed by atoms with E-state index in [0.29, 0.717) is 20.4 Å². The first-order chi connectivity index (χ1) is 7.17. The van der Waals surface area contributed by atoms with Crippen molar-refractivity contribution in [2.45, 2.75) is 6.42 Å². The summed E-state index contributed by atoms with van der Waals surface area (Å²) in [5, 5.41) is 8.74. The zero-order chi connectivity index (χ0) is 11.0. The highest BCUT2D eigenvalue weighted by Crippen LogP contribution is 2.41. The Bertz CT molecular complexity index is 555. The maximum absolute atomic E-state index is 11.5. The number of carbonyl (C=O) groups excluding carboxylic acids is 1. The van der Waals surface area contributed by atoms with Crippen LogP contribution in [0.15, 0.2) is 11.8 Å². The molecule has 0 saturated carbocycles. The Kier molecular flexibility index (Phi) is 2.32. The molecule has 15 heavy (non-hydrogen) atoms. The van der Waals surface area contributed by atoms with E-state index in [9.17, 15) is 4.79 Å². The van der Waals surface area contributed by atoms with Crippen LogP contribution in [0.1, 0.15) is 21.7 Å². The number of fused-ring (bicyclic) bond motifs is 1. The van der Waals surface area contributed by atoms with E-state index >= 15 is 0 Å². The number of hydrogen-bond donors (Lipinski definition) is 0. The third-order valence-corrected chi connectivity index (χ3v) is 3.43. The molecule has 2 rings (SSSR count). The van der Waals surface area contributed by atoms with Crippen molar-refractivity contribution in [3.8, 4) is 6.07 Å². The van der Waals surface area contributed by atoms with Crippen molar-refractivity contribution < 1.29 is 4.79 Å². The van der Waals surface area contributed by atoms with Crippen molar-refractivity contribution in [1.29, 1.82) is 5.26 Å². The van der Waals surface area contributed by atoms with E-state index < -0.39 is 0 Å². The first-order valence-electron chi connectivity index (χ1n) is 4.01. The lowest BCUT2D eigenvalue weighted by Crippen LogP contribution is -1.86. The zero-order valence-corrected chi connectivity index (χ0v) is 8.95. The summed E-state index contributed by atoms with van der Waals surface area (Å²) in [7, 11) is 0. The van der Waals surface area contributed by atoms with Crippen molar-refractivity contribution in [1.82, 2.24) is 0 Å². The number of rotatable bonds is 0. The normalized spacial score (nSPS) is 16.9. The highest BCUT2D eigenvalue weighted by atomic mass is 35.5. The Morgan fingerprint density at radius 1 is 1.73 bits per heavy atom. The van der Waals surface area contributed by atoms with Gasteiger partial charge in [0.2, 0.25) is 0 Å². The second kappa shape index (κ2) is 3.51. The van der Waals surface area contributed by atoms with Crippen LogP contribution in [-0.4, -0.2) is 5.78 Å². The van der Waals surface area contributed by atoms with Gasteiger partial charge in [-0.3, -0.25) is 4.79 Å². The number of nitrogens with zero attached hydrogens (tertiary/aromatic N) is 2. The largest absolute Gasteiger partial charge is 0.293 e. The molecule has 72 valence electrons. The minimum atomic E-state index is -0.0618. The SMILES string of the molecule is [C-]#[N+]/C(C#N)=C1/CC(=O)c2sc(Cl)cc21. The monoisotopic (exact) mass is 234 g/mol. The van der Waals surface area contributed by atoms with Crippen LogP contribution in [0.2, 0.25) is 4.34 Å². The van der Waals surface area contributed by atoms with Gasteiger partial charge in [0.15, 0.2) is 5.78 Å². The molecule has 5 heteroatoms. The lowest BCUT2D eigenvalue weighted by Gasteiger charge is -1.93. The number of thiophene rings is 1. The van der Waals surface area contributed by atoms with Crippen molar-refractivity contribution in [3.05, 3.63) is 38.0 Å². The number of nitriles is 1. The van der Waals surface area contributed by atoms with Crippen LogP contribution >= 0.6 is 22.9 Å². The van der Waals surface area contributed by atoms with E-state index in [4.69, 9.17) is 23.4 Å². The lowest BCUT2D eigenvalue weighted by atomic mass is 10.1. The number of Topliss-reactive ketones (excluding diaryl/α,β-unsaturated/α-hetero) is 1. The van der Waals surface area contributed by atoms with Gasteiger partial charge in [-0.1, -0.05) is 11.6 Å². The van der Waals surface area contributed by atoms with E-state index in [1.54, 1.807) is 12.1 Å². The van der Waals surface area contributed by atoms with Gasteiger partial charge in [0.25, 0.3) is 5.70 Å². The third kappa shape index (κ3) is 1.45. The molecule has 1 aromatic rings. The summed E-state index contributed by atoms with van der Waals surface area (Å²) in [6, 6.07) is 3.44. The predicted octanol–water partition coefficient (Wildman–Crippen LogP) is 3.14. The van der Waals surface area contributed by atoms with Gasteiger partial charge >= 0.3 is 0 Å². The number of hydrogen-bond acceptors (Lipinski definition) is 3. The first-order valence-corrected chi connectivity index (χ1v) is 5.20. The molecule has 0 unspecified atom stereocenters. The molecule has 0 N–H and O–H groups in total. The Hall–Kier alpha value is -1.62. The Morgan fingerprint density at radius 2 is 2.47 bits per heavy atom. The molecule has 0 bridgehead atoms. The van der Waals surface area contributed by atoms with Crippen LogP contribution in [-0.2, 0) is 0 Å². The molecule has 3 nitrogen and oxygen atoms in total. The summed E-state index contributed by atoms with van der Waals surface area (Å²) in [5.74, 6) is -0.0618. The fourth-order valence-electron chi connectivity index (χ4n) is 1.50. The van der Waals surface area contributed by atoms with Crippen LogP contribution < -0.4 is 0 Å². The molecule has 0 spiro atoms. The molecule has 1 aliphatic carbocycles. The summed E-state index contributed by atoms with van der Waals surface area (Å²) in [6.07, 6.45) is 0.142. The van der Waals surface area contributed by atoms with Gasteiger partial charge in [-0.25, -0.2) is 10.1 Å². The highest BCUT2D eigenvalue weighted by Gasteiger charge is 2.29. The van der Waals surface area contributed by atoms with Crippen molar-refractivity contribution in [3.63, 3.8) is 0 Å². The fourth-order valence-corrected chi connectivity index (χ4v) is 2.69. The molecule has 0 fully saturated rings. The maximum atomic E-state index is 11.5. The number of halogens is 1. The van der Waals surface area contributed by atoms with Gasteiger partial charge in [0.05, 0.1) is 21.9 Å². The van der Waals surface area contributed by atoms with Crippen molar-refractivity contribution >= 4 is 34.3 Å². The molecule has 1 heterocycles. The number of allylic oxidation sites excluding steroid dienone is 2. The predicted molar refractivity (Wildman–Crippen MR) is 57.4 cm³/mol. The Labute approximate surface area is 95.0 Å². The summed E-state index contributed by atoms with van der Waals surface area (Å²) >= 11 is 6.98. The summed E-state index contributed by atoms with van der Waals surface area (Å²) in [4.78, 5) is 15.2. The van der Waals surface area contributed by atoms with Crippen molar-refractivity contribution in [2.75, 3.05) is 0 Å². The topological polar surface area (TPSA) is 45.2 Å². The number of ketones is 1. The van der Waals surface area contributed by atoms with Crippen LogP contribution in [0.5, 0.6) is 0 Å². The minimum Gasteiger partial charge on any atom is -0.293 e. The Balaban J connectivity index is 2.70. The van der Waals surface area contributed by atoms with Gasteiger partial charge in [-0.2, -0.15) is 0 Å². The number of carbonyl (C=O) groups is 1. The van der Waals surface area contributed by atoms with E-state index in [1.807, 2.05) is 0 Å². The zero-order valence-electron chi connectivity index (χ0n) is 7.37. The lowest BCUT2D eigenvalue weighted by molar-refractivity contribution is 0.101. The maximum Gasteiger partial charge on any atom is 0.266 e. The first kappa shape index (κ1) is 9.92. The van der Waals surface area contributed by atoms with Gasteiger partial charge < -0.3 is 0 Å². The molecule has 0 aromatic carbocycles. The van der Waals surface area contributed by atoms with E-state index in [2.05, 4.69) is 4.85 Å². The van der Waals surface area contributed by atoms with Gasteiger partial charge in [0.1, 0.15) is 0 Å². The van der Waals surface area contributed by atoms with Crippen LogP contribution in [0.3, 0.4) is 0 Å². The second-order valence-corrected chi connectivity index (χ2v) is 4.63. The molecule has 0 amide bonds. The van der Waals surface area contributed by atoms with Crippen LogP contribution in [0.25, 0.3) is 10.4 Å². The van der Waals surface area contributed by atoms with E-state index in [-0.39, 0.29) is 17.9 Å².